The number of nitrogens with zero attached hydrogens (tertiary/aromatic N) is 2. The van der Waals surface area contributed by atoms with Crippen LogP contribution in [0.4, 0.5) is 9.18 Å². The Bertz CT molecular complexity index is 830. The van der Waals surface area contributed by atoms with Gasteiger partial charge in [0, 0.05) is 18.6 Å². The first-order valence-corrected chi connectivity index (χ1v) is 10.8. The van der Waals surface area contributed by atoms with Crippen LogP contribution in [0.25, 0.3) is 10.9 Å². The largest absolute Gasteiger partial charge is 0.488 e. The van der Waals surface area contributed by atoms with Gasteiger partial charge in [0.2, 0.25) is 0 Å². The van der Waals surface area contributed by atoms with Crippen molar-refractivity contribution in [3.8, 4) is 17.2 Å². The highest BCUT2D eigenvalue weighted by Gasteiger charge is 2.18. The van der Waals surface area contributed by atoms with Crippen LogP contribution in [0.1, 0.15) is 5.69 Å². The SMILES string of the molecule is COCCOc1cc2c(cc1F)c(C#C[Si](C)(C)C)nn2C(=O)O. The van der Waals surface area contributed by atoms with Crippen molar-refractivity contribution in [1.29, 1.82) is 0 Å². The topological polar surface area (TPSA) is 73.6 Å². The van der Waals surface area contributed by atoms with E-state index in [0.29, 0.717) is 12.0 Å². The molecule has 6 nitrogen and oxygen atoms in total. The minimum Gasteiger partial charge on any atom is -0.488 e. The van der Waals surface area contributed by atoms with E-state index in [1.165, 1.54) is 19.2 Å². The fraction of sp³-hybridized carbons (Fsp3) is 0.375. The van der Waals surface area contributed by atoms with Gasteiger partial charge in [-0.05, 0) is 6.07 Å². The van der Waals surface area contributed by atoms with Crippen LogP contribution in [0.15, 0.2) is 12.1 Å². The van der Waals surface area contributed by atoms with Gasteiger partial charge in [-0.3, -0.25) is 0 Å². The normalized spacial score (nSPS) is 11.2. The van der Waals surface area contributed by atoms with Crippen molar-refractivity contribution in [2.75, 3.05) is 20.3 Å². The first-order chi connectivity index (χ1) is 11.2. The van der Waals surface area contributed by atoms with Crippen LogP contribution in [0.3, 0.4) is 0 Å². The Hall–Kier alpha value is -2.37. The van der Waals surface area contributed by atoms with E-state index in [1.54, 1.807) is 0 Å². The summed E-state index contributed by atoms with van der Waals surface area (Å²) in [5, 5.41) is 13.6. The van der Waals surface area contributed by atoms with Crippen molar-refractivity contribution in [2.24, 2.45) is 0 Å². The number of carboxylic acid groups (broad SMARTS) is 1. The Morgan fingerprint density at radius 3 is 2.67 bits per heavy atom. The summed E-state index contributed by atoms with van der Waals surface area (Å²) in [4.78, 5) is 11.4. The van der Waals surface area contributed by atoms with Crippen molar-refractivity contribution in [2.45, 2.75) is 19.6 Å². The molecule has 0 radical (unpaired) electrons. The monoisotopic (exact) mass is 350 g/mol. The standard InChI is InChI=1S/C16H19FN2O4Si/c1-22-6-7-23-15-10-14-11(9-12(15)17)13(5-8-24(2,3)4)18-19(14)16(20)21/h9-10H,6-7H2,1-4H3,(H,20,21). The first kappa shape index (κ1) is 18.0. The number of halogens is 1. The van der Waals surface area contributed by atoms with Gasteiger partial charge in [-0.25, -0.2) is 9.18 Å². The number of methoxy groups -OCH3 is 1. The highest BCUT2D eigenvalue weighted by Crippen LogP contribution is 2.27. The Kier molecular flexibility index (Phi) is 5.26. The number of fused-ring (bicyclic) bond motifs is 1. The van der Waals surface area contributed by atoms with E-state index >= 15 is 0 Å². The molecule has 2 rings (SSSR count). The molecule has 1 heterocycles. The van der Waals surface area contributed by atoms with Crippen LogP contribution in [0, 0.1) is 17.3 Å². The second-order valence-electron chi connectivity index (χ2n) is 6.18. The minimum atomic E-state index is -1.68. The number of ether oxygens (including phenoxy) is 2. The van der Waals surface area contributed by atoms with Gasteiger partial charge >= 0.3 is 6.09 Å². The summed E-state index contributed by atoms with van der Waals surface area (Å²) < 4.78 is 25.1. The van der Waals surface area contributed by atoms with Gasteiger partial charge < -0.3 is 14.6 Å². The zero-order valence-corrected chi connectivity index (χ0v) is 15.0. The van der Waals surface area contributed by atoms with Crippen molar-refractivity contribution in [3.63, 3.8) is 0 Å². The number of aromatic nitrogens is 2. The predicted octanol–water partition coefficient (Wildman–Crippen LogP) is 2.96. The second-order valence-corrected chi connectivity index (χ2v) is 10.9. The molecular weight excluding hydrogens is 331 g/mol. The zero-order chi connectivity index (χ0) is 17.9. The van der Waals surface area contributed by atoms with E-state index in [1.807, 2.05) is 0 Å². The summed E-state index contributed by atoms with van der Waals surface area (Å²) in [7, 11) is -0.176. The molecule has 8 heteroatoms. The average molecular weight is 350 g/mol. The molecule has 128 valence electrons. The fourth-order valence-electron chi connectivity index (χ4n) is 1.95. The summed E-state index contributed by atoms with van der Waals surface area (Å²) in [5.41, 5.74) is 3.59. The van der Waals surface area contributed by atoms with Crippen LogP contribution < -0.4 is 4.74 Å². The van der Waals surface area contributed by atoms with Crippen molar-refractivity contribution in [1.82, 2.24) is 9.78 Å². The predicted molar refractivity (Wildman–Crippen MR) is 90.7 cm³/mol. The van der Waals surface area contributed by atoms with Crippen LogP contribution in [-0.4, -0.2) is 49.4 Å². The zero-order valence-electron chi connectivity index (χ0n) is 14.0. The number of hydrogen-bond acceptors (Lipinski definition) is 4. The molecule has 0 bridgehead atoms. The molecule has 2 aromatic rings. The van der Waals surface area contributed by atoms with Gasteiger partial charge in [0.05, 0.1) is 12.1 Å². The van der Waals surface area contributed by atoms with Crippen LogP contribution in [0.5, 0.6) is 5.75 Å². The molecule has 0 atom stereocenters. The lowest BCUT2D eigenvalue weighted by atomic mass is 10.2. The second kappa shape index (κ2) is 7.03. The lowest BCUT2D eigenvalue weighted by Crippen LogP contribution is -2.16. The lowest BCUT2D eigenvalue weighted by molar-refractivity contribution is 0.144. The molecule has 1 N–H and O–H groups in total. The maximum Gasteiger partial charge on any atom is 0.432 e. The lowest BCUT2D eigenvalue weighted by Gasteiger charge is -2.07. The highest BCUT2D eigenvalue weighted by molar-refractivity contribution is 6.83. The molecule has 1 aromatic carbocycles. The van der Waals surface area contributed by atoms with Gasteiger partial charge in [-0.1, -0.05) is 25.6 Å². The molecule has 0 saturated heterocycles. The van der Waals surface area contributed by atoms with Crippen molar-refractivity contribution >= 4 is 25.1 Å². The number of carbonyl (C=O) groups is 1. The van der Waals surface area contributed by atoms with E-state index in [9.17, 15) is 14.3 Å². The molecule has 0 saturated carbocycles. The van der Waals surface area contributed by atoms with Crippen LogP contribution in [0.2, 0.25) is 19.6 Å². The third kappa shape index (κ3) is 4.13. The molecule has 0 aliphatic rings. The minimum absolute atomic E-state index is 0.0494. The molecule has 0 unspecified atom stereocenters. The number of benzene rings is 1. The quantitative estimate of drug-likeness (QED) is 0.521. The van der Waals surface area contributed by atoms with E-state index in [-0.39, 0.29) is 23.6 Å². The van der Waals surface area contributed by atoms with E-state index in [0.717, 1.165) is 4.68 Å². The molecule has 1 aromatic heterocycles. The molecule has 0 spiro atoms. The molecule has 0 aliphatic heterocycles. The van der Waals surface area contributed by atoms with Gasteiger partial charge in [0.1, 0.15) is 20.4 Å². The third-order valence-electron chi connectivity index (χ3n) is 3.02. The Morgan fingerprint density at radius 2 is 2.08 bits per heavy atom. The first-order valence-electron chi connectivity index (χ1n) is 7.33. The third-order valence-corrected chi connectivity index (χ3v) is 3.89. The Balaban J connectivity index is 2.56. The summed E-state index contributed by atoms with van der Waals surface area (Å²) in [6.45, 7) is 6.61. The van der Waals surface area contributed by atoms with Crippen molar-refractivity contribution < 1.29 is 23.8 Å². The van der Waals surface area contributed by atoms with Gasteiger partial charge in [-0.2, -0.15) is 9.78 Å². The van der Waals surface area contributed by atoms with E-state index < -0.39 is 20.0 Å². The van der Waals surface area contributed by atoms with E-state index in [4.69, 9.17) is 9.47 Å². The number of rotatable bonds is 4. The van der Waals surface area contributed by atoms with E-state index in [2.05, 4.69) is 36.2 Å². The Morgan fingerprint density at radius 1 is 1.38 bits per heavy atom. The van der Waals surface area contributed by atoms with Crippen molar-refractivity contribution in [3.05, 3.63) is 23.6 Å². The summed E-state index contributed by atoms with van der Waals surface area (Å²) in [6.07, 6.45) is -1.27. The molecule has 0 fully saturated rings. The number of hydrogen-bond donors (Lipinski definition) is 1. The molecule has 0 amide bonds. The fourth-order valence-corrected chi connectivity index (χ4v) is 2.44. The highest BCUT2D eigenvalue weighted by atomic mass is 28.3. The molecule has 0 aliphatic carbocycles. The maximum absolute atomic E-state index is 14.2. The maximum atomic E-state index is 14.2. The smallest absolute Gasteiger partial charge is 0.432 e. The Labute approximate surface area is 140 Å². The van der Waals surface area contributed by atoms with Crippen LogP contribution in [-0.2, 0) is 4.74 Å². The summed E-state index contributed by atoms with van der Waals surface area (Å²) in [5.74, 6) is 2.24. The molecule has 24 heavy (non-hydrogen) atoms. The summed E-state index contributed by atoms with van der Waals surface area (Å²) in [6, 6.07) is 2.53. The molecular formula is C16H19FN2O4Si. The van der Waals surface area contributed by atoms with Crippen LogP contribution >= 0.6 is 0 Å². The average Bonchev–Trinajstić information content (AvgIpc) is 2.83. The van der Waals surface area contributed by atoms with Gasteiger partial charge in [0.25, 0.3) is 0 Å². The summed E-state index contributed by atoms with van der Waals surface area (Å²) >= 11 is 0. The van der Waals surface area contributed by atoms with Gasteiger partial charge in [0.15, 0.2) is 11.6 Å². The van der Waals surface area contributed by atoms with Gasteiger partial charge in [-0.15, -0.1) is 5.54 Å².